The lowest BCUT2D eigenvalue weighted by Gasteiger charge is -2.17. The molecule has 0 radical (unpaired) electrons. The van der Waals surface area contributed by atoms with E-state index in [2.05, 4.69) is 10.3 Å². The van der Waals surface area contributed by atoms with Crippen molar-refractivity contribution in [1.82, 2.24) is 10.3 Å². The standard InChI is InChI=1S/C12H18N2O3S/c1-4-10-13-8(6-18-10)5-9(15)14-11(7(2)3)12(16)17/h6-7,11H,4-5H2,1-3H3,(H,14,15)(H,16,17). The highest BCUT2D eigenvalue weighted by Crippen LogP contribution is 2.11. The highest BCUT2D eigenvalue weighted by molar-refractivity contribution is 7.09. The highest BCUT2D eigenvalue weighted by Gasteiger charge is 2.23. The first-order chi connectivity index (χ1) is 8.43. The molecule has 0 bridgehead atoms. The lowest BCUT2D eigenvalue weighted by atomic mass is 10.0. The van der Waals surface area contributed by atoms with Crippen LogP contribution in [-0.4, -0.2) is 28.0 Å². The summed E-state index contributed by atoms with van der Waals surface area (Å²) in [7, 11) is 0. The Hall–Kier alpha value is -1.43. The van der Waals surface area contributed by atoms with Gasteiger partial charge in [0, 0.05) is 5.38 Å². The number of carboxylic acids is 1. The Kier molecular flexibility index (Phi) is 5.27. The van der Waals surface area contributed by atoms with Crippen molar-refractivity contribution in [3.8, 4) is 0 Å². The van der Waals surface area contributed by atoms with Crippen LogP contribution in [0.5, 0.6) is 0 Å². The third-order valence-electron chi connectivity index (χ3n) is 2.49. The van der Waals surface area contributed by atoms with E-state index in [4.69, 9.17) is 5.11 Å². The molecule has 5 nitrogen and oxygen atoms in total. The van der Waals surface area contributed by atoms with Crippen molar-refractivity contribution in [2.24, 2.45) is 5.92 Å². The number of carboxylic acid groups (broad SMARTS) is 1. The van der Waals surface area contributed by atoms with E-state index in [1.165, 1.54) is 11.3 Å². The average molecular weight is 270 g/mol. The van der Waals surface area contributed by atoms with Crippen molar-refractivity contribution in [1.29, 1.82) is 0 Å². The van der Waals surface area contributed by atoms with Crippen molar-refractivity contribution in [2.75, 3.05) is 0 Å². The topological polar surface area (TPSA) is 79.3 Å². The number of thiazole rings is 1. The van der Waals surface area contributed by atoms with Crippen molar-refractivity contribution >= 4 is 23.2 Å². The molecule has 0 spiro atoms. The Labute approximate surface area is 110 Å². The van der Waals surface area contributed by atoms with Crippen molar-refractivity contribution in [3.05, 3.63) is 16.1 Å². The summed E-state index contributed by atoms with van der Waals surface area (Å²) in [4.78, 5) is 26.9. The van der Waals surface area contributed by atoms with Gasteiger partial charge in [0.15, 0.2) is 0 Å². The number of hydrogen-bond acceptors (Lipinski definition) is 4. The summed E-state index contributed by atoms with van der Waals surface area (Å²) in [6.45, 7) is 5.52. The number of rotatable bonds is 6. The Morgan fingerprint density at radius 1 is 1.50 bits per heavy atom. The lowest BCUT2D eigenvalue weighted by molar-refractivity contribution is -0.143. The first-order valence-corrected chi connectivity index (χ1v) is 6.77. The molecule has 1 atom stereocenters. The molecule has 1 unspecified atom stereocenters. The van der Waals surface area contributed by atoms with E-state index in [-0.39, 0.29) is 18.2 Å². The molecule has 6 heteroatoms. The van der Waals surface area contributed by atoms with Crippen LogP contribution in [0.2, 0.25) is 0 Å². The SMILES string of the molecule is CCc1nc(CC(=O)NC(C(=O)O)C(C)C)cs1. The van der Waals surface area contributed by atoms with Crippen molar-refractivity contribution in [2.45, 2.75) is 39.7 Å². The van der Waals surface area contributed by atoms with Crippen LogP contribution < -0.4 is 5.32 Å². The fraction of sp³-hybridized carbons (Fsp3) is 0.583. The Bertz CT molecular complexity index is 429. The average Bonchev–Trinajstić information content (AvgIpc) is 2.72. The van der Waals surface area contributed by atoms with Crippen LogP contribution in [0.1, 0.15) is 31.5 Å². The van der Waals surface area contributed by atoms with Crippen molar-refractivity contribution < 1.29 is 14.7 Å². The van der Waals surface area contributed by atoms with E-state index in [0.29, 0.717) is 5.69 Å². The fourth-order valence-electron chi connectivity index (χ4n) is 1.50. The minimum Gasteiger partial charge on any atom is -0.480 e. The van der Waals surface area contributed by atoms with E-state index in [1.807, 2.05) is 12.3 Å². The molecule has 1 heterocycles. The van der Waals surface area contributed by atoms with E-state index in [1.54, 1.807) is 13.8 Å². The number of nitrogens with one attached hydrogen (secondary N) is 1. The number of amides is 1. The normalized spacial score (nSPS) is 12.4. The molecule has 0 aliphatic heterocycles. The van der Waals surface area contributed by atoms with E-state index in [0.717, 1.165) is 11.4 Å². The van der Waals surface area contributed by atoms with Gasteiger partial charge in [-0.05, 0) is 12.3 Å². The Morgan fingerprint density at radius 2 is 2.17 bits per heavy atom. The largest absolute Gasteiger partial charge is 0.480 e. The minimum atomic E-state index is -1.01. The van der Waals surface area contributed by atoms with Crippen LogP contribution in [0.4, 0.5) is 0 Å². The van der Waals surface area contributed by atoms with Gasteiger partial charge in [-0.25, -0.2) is 9.78 Å². The van der Waals surface area contributed by atoms with Crippen LogP contribution in [0.25, 0.3) is 0 Å². The van der Waals surface area contributed by atoms with Crippen molar-refractivity contribution in [3.63, 3.8) is 0 Å². The zero-order chi connectivity index (χ0) is 13.7. The second-order valence-electron chi connectivity index (χ2n) is 4.39. The first-order valence-electron chi connectivity index (χ1n) is 5.89. The quantitative estimate of drug-likeness (QED) is 0.820. The van der Waals surface area contributed by atoms with Gasteiger partial charge in [0.05, 0.1) is 17.1 Å². The van der Waals surface area contributed by atoms with Gasteiger partial charge in [-0.2, -0.15) is 0 Å². The fourth-order valence-corrected chi connectivity index (χ4v) is 2.24. The molecule has 1 amide bonds. The third kappa shape index (κ3) is 4.10. The molecule has 0 fully saturated rings. The molecule has 100 valence electrons. The molecular weight excluding hydrogens is 252 g/mol. The molecule has 2 N–H and O–H groups in total. The molecule has 18 heavy (non-hydrogen) atoms. The minimum absolute atomic E-state index is 0.132. The summed E-state index contributed by atoms with van der Waals surface area (Å²) in [5, 5.41) is 14.3. The number of aryl methyl sites for hydroxylation is 1. The summed E-state index contributed by atoms with van der Waals surface area (Å²) < 4.78 is 0. The lowest BCUT2D eigenvalue weighted by Crippen LogP contribution is -2.44. The molecule has 0 aliphatic rings. The zero-order valence-electron chi connectivity index (χ0n) is 10.8. The van der Waals surface area contributed by atoms with Gasteiger partial charge >= 0.3 is 5.97 Å². The van der Waals surface area contributed by atoms with Gasteiger partial charge in [-0.15, -0.1) is 11.3 Å². The number of carbonyl (C=O) groups is 2. The molecule has 1 aromatic rings. The second-order valence-corrected chi connectivity index (χ2v) is 5.33. The number of carbonyl (C=O) groups excluding carboxylic acids is 1. The molecule has 1 aromatic heterocycles. The summed E-state index contributed by atoms with van der Waals surface area (Å²) in [5.41, 5.74) is 0.697. The first kappa shape index (κ1) is 14.6. The van der Waals surface area contributed by atoms with E-state index >= 15 is 0 Å². The third-order valence-corrected chi connectivity index (χ3v) is 3.53. The van der Waals surface area contributed by atoms with Gasteiger partial charge in [0.2, 0.25) is 5.91 Å². The van der Waals surface area contributed by atoms with Gasteiger partial charge in [-0.3, -0.25) is 4.79 Å². The van der Waals surface area contributed by atoms with Crippen LogP contribution in [0.3, 0.4) is 0 Å². The van der Waals surface area contributed by atoms with Crippen LogP contribution >= 0.6 is 11.3 Å². The van der Waals surface area contributed by atoms with E-state index < -0.39 is 12.0 Å². The molecule has 0 aliphatic carbocycles. The molecular formula is C12H18N2O3S. The van der Waals surface area contributed by atoms with Crippen LogP contribution in [0.15, 0.2) is 5.38 Å². The number of hydrogen-bond donors (Lipinski definition) is 2. The summed E-state index contributed by atoms with van der Waals surface area (Å²) >= 11 is 1.52. The predicted molar refractivity (Wildman–Crippen MR) is 69.6 cm³/mol. The zero-order valence-corrected chi connectivity index (χ0v) is 11.6. The summed E-state index contributed by atoms with van der Waals surface area (Å²) in [6.07, 6.45) is 0.975. The highest BCUT2D eigenvalue weighted by atomic mass is 32.1. The Balaban J connectivity index is 2.57. The number of aliphatic carboxylic acids is 1. The monoisotopic (exact) mass is 270 g/mol. The molecule has 1 rings (SSSR count). The van der Waals surface area contributed by atoms with Gasteiger partial charge < -0.3 is 10.4 Å². The molecule has 0 saturated carbocycles. The maximum atomic E-state index is 11.7. The van der Waals surface area contributed by atoms with Crippen LogP contribution in [0, 0.1) is 5.92 Å². The molecule has 0 aromatic carbocycles. The maximum absolute atomic E-state index is 11.7. The van der Waals surface area contributed by atoms with Gasteiger partial charge in [0.1, 0.15) is 6.04 Å². The number of nitrogens with zero attached hydrogens (tertiary/aromatic N) is 1. The smallest absolute Gasteiger partial charge is 0.326 e. The maximum Gasteiger partial charge on any atom is 0.326 e. The summed E-state index contributed by atoms with van der Waals surface area (Å²) in [6, 6.07) is -0.846. The van der Waals surface area contributed by atoms with Gasteiger partial charge in [-0.1, -0.05) is 20.8 Å². The van der Waals surface area contributed by atoms with Crippen LogP contribution in [-0.2, 0) is 22.4 Å². The predicted octanol–water partition coefficient (Wildman–Crippen LogP) is 1.47. The van der Waals surface area contributed by atoms with E-state index in [9.17, 15) is 9.59 Å². The second kappa shape index (κ2) is 6.49. The molecule has 0 saturated heterocycles. The number of aromatic nitrogens is 1. The summed E-state index contributed by atoms with van der Waals surface area (Å²) in [5.74, 6) is -1.46. The Morgan fingerprint density at radius 3 is 2.61 bits per heavy atom. The van der Waals surface area contributed by atoms with Gasteiger partial charge in [0.25, 0.3) is 0 Å².